The van der Waals surface area contributed by atoms with E-state index in [0.29, 0.717) is 13.2 Å². The summed E-state index contributed by atoms with van der Waals surface area (Å²) in [5, 5.41) is 0. The van der Waals surface area contributed by atoms with E-state index in [4.69, 9.17) is 19.9 Å². The lowest BCUT2D eigenvalue weighted by molar-refractivity contribution is -0.175. The molecule has 7 heteroatoms. The Morgan fingerprint density at radius 1 is 1.33 bits per heavy atom. The number of nitrogens with two attached hydrogens (primary N) is 1. The van der Waals surface area contributed by atoms with Gasteiger partial charge < -0.3 is 24.7 Å². The van der Waals surface area contributed by atoms with Crippen molar-refractivity contribution in [2.24, 2.45) is 5.73 Å². The Kier molecular flexibility index (Phi) is 5.52. The molecule has 0 aromatic heterocycles. The lowest BCUT2D eigenvalue weighted by atomic mass is 10.2. The molecule has 0 aliphatic carbocycles. The summed E-state index contributed by atoms with van der Waals surface area (Å²) in [5.41, 5.74) is 5.48. The van der Waals surface area contributed by atoms with E-state index in [-0.39, 0.29) is 19.6 Å². The topological polar surface area (TPSA) is 97.1 Å². The standard InChI is InChI=1S/C11H19NO6/c1-3-15-10(14)8(12)7-16-9(13)6-11(2)17-4-5-18-11/h8H,3-7,12H2,1-2H3/t8-/m0/s1. The Balaban J connectivity index is 2.26. The number of carbonyl (C=O) groups excluding carboxylic acids is 2. The Morgan fingerprint density at radius 3 is 2.50 bits per heavy atom. The van der Waals surface area contributed by atoms with Crippen molar-refractivity contribution in [1.29, 1.82) is 0 Å². The van der Waals surface area contributed by atoms with Gasteiger partial charge in [-0.3, -0.25) is 9.59 Å². The Bertz CT molecular complexity index is 300. The fourth-order valence-corrected chi connectivity index (χ4v) is 1.47. The first-order chi connectivity index (χ1) is 8.47. The van der Waals surface area contributed by atoms with Gasteiger partial charge in [-0.15, -0.1) is 0 Å². The molecule has 0 amide bonds. The van der Waals surface area contributed by atoms with Gasteiger partial charge in [0.05, 0.1) is 26.2 Å². The van der Waals surface area contributed by atoms with Crippen molar-refractivity contribution < 1.29 is 28.5 Å². The van der Waals surface area contributed by atoms with Crippen molar-refractivity contribution in [2.75, 3.05) is 26.4 Å². The molecule has 2 N–H and O–H groups in total. The van der Waals surface area contributed by atoms with E-state index < -0.39 is 23.8 Å². The number of rotatable bonds is 6. The average Bonchev–Trinajstić information content (AvgIpc) is 2.72. The number of carbonyl (C=O) groups is 2. The maximum atomic E-state index is 11.5. The van der Waals surface area contributed by atoms with Crippen LogP contribution in [0.4, 0.5) is 0 Å². The molecule has 104 valence electrons. The molecule has 1 atom stereocenters. The van der Waals surface area contributed by atoms with Gasteiger partial charge in [-0.1, -0.05) is 0 Å². The number of esters is 2. The van der Waals surface area contributed by atoms with Gasteiger partial charge in [0.15, 0.2) is 5.79 Å². The van der Waals surface area contributed by atoms with E-state index in [1.165, 1.54) is 0 Å². The highest BCUT2D eigenvalue weighted by Crippen LogP contribution is 2.22. The van der Waals surface area contributed by atoms with Gasteiger partial charge in [-0.25, -0.2) is 0 Å². The van der Waals surface area contributed by atoms with Gasteiger partial charge in [-0.05, 0) is 13.8 Å². The first kappa shape index (κ1) is 14.9. The average molecular weight is 261 g/mol. The maximum Gasteiger partial charge on any atom is 0.326 e. The van der Waals surface area contributed by atoms with E-state index in [0.717, 1.165) is 0 Å². The molecule has 0 aromatic carbocycles. The van der Waals surface area contributed by atoms with Crippen LogP contribution in [0.2, 0.25) is 0 Å². The van der Waals surface area contributed by atoms with Gasteiger partial charge in [0.1, 0.15) is 12.6 Å². The fourth-order valence-electron chi connectivity index (χ4n) is 1.47. The Morgan fingerprint density at radius 2 is 1.94 bits per heavy atom. The second-order valence-electron chi connectivity index (χ2n) is 4.05. The minimum absolute atomic E-state index is 0.0391. The summed E-state index contributed by atoms with van der Waals surface area (Å²) < 4.78 is 20.1. The lowest BCUT2D eigenvalue weighted by Gasteiger charge is -2.21. The fraction of sp³-hybridized carbons (Fsp3) is 0.818. The van der Waals surface area contributed by atoms with Crippen molar-refractivity contribution in [3.05, 3.63) is 0 Å². The molecule has 18 heavy (non-hydrogen) atoms. The van der Waals surface area contributed by atoms with Crippen LogP contribution in [-0.2, 0) is 28.5 Å². The van der Waals surface area contributed by atoms with Crippen molar-refractivity contribution in [3.63, 3.8) is 0 Å². The van der Waals surface area contributed by atoms with Crippen LogP contribution in [0.25, 0.3) is 0 Å². The van der Waals surface area contributed by atoms with Crippen LogP contribution in [-0.4, -0.2) is 50.2 Å². The molecule has 0 spiro atoms. The lowest BCUT2D eigenvalue weighted by Crippen LogP contribution is -2.38. The third kappa shape index (κ3) is 4.59. The minimum Gasteiger partial charge on any atom is -0.465 e. The van der Waals surface area contributed by atoms with Crippen LogP contribution >= 0.6 is 0 Å². The van der Waals surface area contributed by atoms with Crippen LogP contribution in [0, 0.1) is 0 Å². The second-order valence-corrected chi connectivity index (χ2v) is 4.05. The van der Waals surface area contributed by atoms with Crippen LogP contribution in [0.1, 0.15) is 20.3 Å². The normalized spacial score (nSPS) is 19.3. The first-order valence-electron chi connectivity index (χ1n) is 5.82. The molecule has 0 unspecified atom stereocenters. The summed E-state index contributed by atoms with van der Waals surface area (Å²) in [5.74, 6) is -2.06. The highest BCUT2D eigenvalue weighted by Gasteiger charge is 2.34. The molecule has 1 aliphatic heterocycles. The predicted octanol–water partition coefficient (Wildman–Crippen LogP) is -0.427. The summed E-state index contributed by atoms with van der Waals surface area (Å²) in [6.07, 6.45) is -0.0391. The summed E-state index contributed by atoms with van der Waals surface area (Å²) >= 11 is 0. The molecule has 0 bridgehead atoms. The molecule has 0 saturated carbocycles. The zero-order valence-corrected chi connectivity index (χ0v) is 10.6. The Hall–Kier alpha value is -1.18. The van der Waals surface area contributed by atoms with Crippen LogP contribution in [0.5, 0.6) is 0 Å². The van der Waals surface area contributed by atoms with E-state index in [1.54, 1.807) is 13.8 Å². The first-order valence-corrected chi connectivity index (χ1v) is 5.82. The van der Waals surface area contributed by atoms with E-state index >= 15 is 0 Å². The molecular formula is C11H19NO6. The third-order valence-electron chi connectivity index (χ3n) is 2.38. The predicted molar refractivity (Wildman–Crippen MR) is 60.5 cm³/mol. The molecule has 1 rings (SSSR count). The van der Waals surface area contributed by atoms with Crippen molar-refractivity contribution in [1.82, 2.24) is 0 Å². The number of ether oxygens (including phenoxy) is 4. The minimum atomic E-state index is -0.966. The van der Waals surface area contributed by atoms with E-state index in [9.17, 15) is 9.59 Å². The van der Waals surface area contributed by atoms with Crippen molar-refractivity contribution in [3.8, 4) is 0 Å². The van der Waals surface area contributed by atoms with Gasteiger partial charge in [0, 0.05) is 0 Å². The summed E-state index contributed by atoms with van der Waals surface area (Å²) in [7, 11) is 0. The number of hydrogen-bond donors (Lipinski definition) is 1. The third-order valence-corrected chi connectivity index (χ3v) is 2.38. The molecule has 1 fully saturated rings. The molecule has 0 radical (unpaired) electrons. The smallest absolute Gasteiger partial charge is 0.326 e. The van der Waals surface area contributed by atoms with Crippen molar-refractivity contribution in [2.45, 2.75) is 32.1 Å². The van der Waals surface area contributed by atoms with Crippen LogP contribution in [0.15, 0.2) is 0 Å². The van der Waals surface area contributed by atoms with Gasteiger partial charge in [0.2, 0.25) is 0 Å². The van der Waals surface area contributed by atoms with Gasteiger partial charge in [0.25, 0.3) is 0 Å². The Labute approximate surface area is 105 Å². The van der Waals surface area contributed by atoms with Crippen LogP contribution in [0.3, 0.4) is 0 Å². The SMILES string of the molecule is CCOC(=O)[C@@H](N)COC(=O)CC1(C)OCCO1. The molecule has 1 heterocycles. The van der Waals surface area contributed by atoms with Crippen molar-refractivity contribution >= 4 is 11.9 Å². The van der Waals surface area contributed by atoms with Gasteiger partial charge in [-0.2, -0.15) is 0 Å². The highest BCUT2D eigenvalue weighted by molar-refractivity contribution is 5.76. The monoisotopic (exact) mass is 261 g/mol. The largest absolute Gasteiger partial charge is 0.465 e. The summed E-state index contributed by atoms with van der Waals surface area (Å²) in [4.78, 5) is 22.7. The maximum absolute atomic E-state index is 11.5. The molecular weight excluding hydrogens is 242 g/mol. The zero-order chi connectivity index (χ0) is 13.6. The quantitative estimate of drug-likeness (QED) is 0.648. The van der Waals surface area contributed by atoms with E-state index in [1.807, 2.05) is 0 Å². The molecule has 1 aliphatic rings. The summed E-state index contributed by atoms with van der Waals surface area (Å²) in [6, 6.07) is -0.966. The molecule has 1 saturated heterocycles. The number of hydrogen-bond acceptors (Lipinski definition) is 7. The summed E-state index contributed by atoms with van der Waals surface area (Å²) in [6.45, 7) is 4.25. The highest BCUT2D eigenvalue weighted by atomic mass is 16.7. The van der Waals surface area contributed by atoms with E-state index in [2.05, 4.69) is 4.74 Å². The van der Waals surface area contributed by atoms with Crippen LogP contribution < -0.4 is 5.73 Å². The molecule has 0 aromatic rings. The van der Waals surface area contributed by atoms with Gasteiger partial charge >= 0.3 is 11.9 Å². The zero-order valence-electron chi connectivity index (χ0n) is 10.6. The molecule has 7 nitrogen and oxygen atoms in total. The second kappa shape index (κ2) is 6.67.